The number of rotatable bonds is 6. The molecular formula is C29H22ClF3N2O3. The second-order valence-electron chi connectivity index (χ2n) is 8.71. The molecule has 0 spiro atoms. The lowest BCUT2D eigenvalue weighted by Crippen LogP contribution is -2.46. The lowest BCUT2D eigenvalue weighted by Gasteiger charge is -2.38. The fourth-order valence-electron chi connectivity index (χ4n) is 4.62. The van der Waals surface area contributed by atoms with Gasteiger partial charge < -0.3 is 14.8 Å². The van der Waals surface area contributed by atoms with E-state index in [0.717, 1.165) is 12.1 Å². The van der Waals surface area contributed by atoms with Crippen LogP contribution in [0.2, 0.25) is 5.02 Å². The quantitative estimate of drug-likeness (QED) is 0.274. The number of nitrogens with one attached hydrogen (secondary N) is 1. The van der Waals surface area contributed by atoms with Gasteiger partial charge in [-0.15, -0.1) is 0 Å². The zero-order chi connectivity index (χ0) is 26.9. The number of carbonyl (C=O) groups is 1. The molecule has 0 bridgehead atoms. The van der Waals surface area contributed by atoms with Crippen LogP contribution in [0.15, 0.2) is 97.1 Å². The summed E-state index contributed by atoms with van der Waals surface area (Å²) in [4.78, 5) is 14.8. The first-order valence-electron chi connectivity index (χ1n) is 11.6. The molecule has 9 heteroatoms. The Balaban J connectivity index is 1.60. The molecule has 4 aromatic rings. The molecular weight excluding hydrogens is 517 g/mol. The van der Waals surface area contributed by atoms with Gasteiger partial charge in [0.2, 0.25) is 0 Å². The van der Waals surface area contributed by atoms with E-state index >= 15 is 0 Å². The first-order valence-corrected chi connectivity index (χ1v) is 12.0. The van der Waals surface area contributed by atoms with Gasteiger partial charge in [0.25, 0.3) is 0 Å². The summed E-state index contributed by atoms with van der Waals surface area (Å²) in [5.74, 6) is 1.68. The number of alkyl halides is 3. The SMILES string of the molecule is COc1ccc(C2(c3cccc(C(F)(F)F)c3)CNC(=O)N2c2ccc(Oc3ccc(Cl)cc3)cc2)cc1. The number of hydrogen-bond acceptors (Lipinski definition) is 3. The van der Waals surface area contributed by atoms with Gasteiger partial charge in [-0.25, -0.2) is 4.79 Å². The lowest BCUT2D eigenvalue weighted by atomic mass is 9.81. The molecule has 38 heavy (non-hydrogen) atoms. The molecule has 4 aromatic carbocycles. The smallest absolute Gasteiger partial charge is 0.416 e. The third-order valence-corrected chi connectivity index (χ3v) is 6.71. The first-order chi connectivity index (χ1) is 18.2. The maximum atomic E-state index is 13.7. The third kappa shape index (κ3) is 4.75. The molecule has 1 fully saturated rings. The van der Waals surface area contributed by atoms with Gasteiger partial charge in [0.15, 0.2) is 0 Å². The number of urea groups is 1. The fourth-order valence-corrected chi connectivity index (χ4v) is 4.75. The van der Waals surface area contributed by atoms with E-state index in [1.807, 2.05) is 0 Å². The Morgan fingerprint density at radius 3 is 2.05 bits per heavy atom. The molecule has 0 aromatic heterocycles. The highest BCUT2D eigenvalue weighted by Crippen LogP contribution is 2.44. The van der Waals surface area contributed by atoms with Crippen LogP contribution in [0, 0.1) is 0 Å². The van der Waals surface area contributed by atoms with Crippen molar-refractivity contribution >= 4 is 23.3 Å². The second-order valence-corrected chi connectivity index (χ2v) is 9.15. The Morgan fingerprint density at radius 2 is 1.45 bits per heavy atom. The van der Waals surface area contributed by atoms with Crippen molar-refractivity contribution in [2.24, 2.45) is 0 Å². The molecule has 1 unspecified atom stereocenters. The van der Waals surface area contributed by atoms with E-state index in [1.54, 1.807) is 78.9 Å². The number of halogens is 4. The van der Waals surface area contributed by atoms with Gasteiger partial charge in [-0.05, 0) is 83.9 Å². The third-order valence-electron chi connectivity index (χ3n) is 6.46. The molecule has 5 rings (SSSR count). The monoisotopic (exact) mass is 538 g/mol. The number of anilines is 1. The van der Waals surface area contributed by atoms with Crippen LogP contribution >= 0.6 is 11.6 Å². The van der Waals surface area contributed by atoms with E-state index in [1.165, 1.54) is 18.1 Å². The highest BCUT2D eigenvalue weighted by molar-refractivity contribution is 6.30. The minimum atomic E-state index is -4.54. The molecule has 1 heterocycles. The number of nitrogens with zero attached hydrogens (tertiary/aromatic N) is 1. The Hall–Kier alpha value is -4.17. The summed E-state index contributed by atoms with van der Waals surface area (Å²) in [6.45, 7) is 0.0580. The fraction of sp³-hybridized carbons (Fsp3) is 0.138. The van der Waals surface area contributed by atoms with Crippen molar-refractivity contribution in [3.63, 3.8) is 0 Å². The van der Waals surface area contributed by atoms with Crippen LogP contribution in [0.1, 0.15) is 16.7 Å². The van der Waals surface area contributed by atoms with Crippen molar-refractivity contribution in [3.05, 3.63) is 119 Å². The van der Waals surface area contributed by atoms with Crippen molar-refractivity contribution in [1.82, 2.24) is 5.32 Å². The Morgan fingerprint density at radius 1 is 0.842 bits per heavy atom. The lowest BCUT2D eigenvalue weighted by molar-refractivity contribution is -0.137. The maximum absolute atomic E-state index is 13.7. The van der Waals surface area contributed by atoms with Gasteiger partial charge in [-0.1, -0.05) is 35.9 Å². The number of ether oxygens (including phenoxy) is 2. The summed E-state index contributed by atoms with van der Waals surface area (Å²) in [6.07, 6.45) is -4.54. The van der Waals surface area contributed by atoms with Crippen LogP contribution in [-0.2, 0) is 11.7 Å². The Kier molecular flexibility index (Phi) is 6.67. The predicted molar refractivity (Wildman–Crippen MR) is 139 cm³/mol. The minimum absolute atomic E-state index is 0.0580. The number of carbonyl (C=O) groups excluding carboxylic acids is 1. The zero-order valence-electron chi connectivity index (χ0n) is 20.1. The average molecular weight is 539 g/mol. The van der Waals surface area contributed by atoms with Gasteiger partial charge in [0.05, 0.1) is 19.2 Å². The molecule has 0 saturated carbocycles. The molecule has 2 amide bonds. The molecule has 1 saturated heterocycles. The Bertz CT molecular complexity index is 1440. The van der Waals surface area contributed by atoms with Crippen LogP contribution in [0.3, 0.4) is 0 Å². The maximum Gasteiger partial charge on any atom is 0.416 e. The highest BCUT2D eigenvalue weighted by Gasteiger charge is 2.50. The normalized spacial score (nSPS) is 17.3. The summed E-state index contributed by atoms with van der Waals surface area (Å²) >= 11 is 5.93. The van der Waals surface area contributed by atoms with E-state index in [4.69, 9.17) is 21.1 Å². The molecule has 1 atom stereocenters. The summed E-state index contributed by atoms with van der Waals surface area (Å²) in [6, 6.07) is 25.2. The minimum Gasteiger partial charge on any atom is -0.497 e. The highest BCUT2D eigenvalue weighted by atomic mass is 35.5. The van der Waals surface area contributed by atoms with Crippen molar-refractivity contribution in [2.45, 2.75) is 11.7 Å². The standard InChI is InChI=1S/C29H22ClF3N2O3/c1-37-24-11-5-19(6-12-24)28(20-3-2-4-21(17-20)29(31,32)33)18-34-27(36)35(28)23-9-15-26(16-10-23)38-25-13-7-22(30)8-14-25/h2-17H,18H2,1H3,(H,34,36). The molecule has 0 radical (unpaired) electrons. The number of hydrogen-bond donors (Lipinski definition) is 1. The molecule has 194 valence electrons. The summed E-state index contributed by atoms with van der Waals surface area (Å²) in [7, 11) is 1.53. The zero-order valence-corrected chi connectivity index (χ0v) is 20.9. The van der Waals surface area contributed by atoms with Crippen molar-refractivity contribution in [1.29, 1.82) is 0 Å². The van der Waals surface area contributed by atoms with Crippen LogP contribution < -0.4 is 19.7 Å². The van der Waals surface area contributed by atoms with Gasteiger partial charge in [-0.2, -0.15) is 13.2 Å². The molecule has 1 aliphatic rings. The van der Waals surface area contributed by atoms with Gasteiger partial charge in [0.1, 0.15) is 22.8 Å². The van der Waals surface area contributed by atoms with Crippen LogP contribution in [0.5, 0.6) is 17.2 Å². The van der Waals surface area contributed by atoms with Gasteiger partial charge in [-0.3, -0.25) is 4.90 Å². The topological polar surface area (TPSA) is 50.8 Å². The van der Waals surface area contributed by atoms with Gasteiger partial charge in [0, 0.05) is 10.7 Å². The van der Waals surface area contributed by atoms with E-state index in [-0.39, 0.29) is 6.54 Å². The van der Waals surface area contributed by atoms with Crippen LogP contribution in [-0.4, -0.2) is 19.7 Å². The Labute approximate surface area is 222 Å². The van der Waals surface area contributed by atoms with E-state index < -0.39 is 23.3 Å². The van der Waals surface area contributed by atoms with Crippen molar-refractivity contribution in [2.75, 3.05) is 18.6 Å². The molecule has 0 aliphatic carbocycles. The van der Waals surface area contributed by atoms with Crippen molar-refractivity contribution in [3.8, 4) is 17.2 Å². The number of amides is 2. The summed E-state index contributed by atoms with van der Waals surface area (Å²) < 4.78 is 52.2. The van der Waals surface area contributed by atoms with E-state index in [2.05, 4.69) is 5.32 Å². The molecule has 5 nitrogen and oxygen atoms in total. The summed E-state index contributed by atoms with van der Waals surface area (Å²) in [5.41, 5.74) is -0.635. The average Bonchev–Trinajstić information content (AvgIpc) is 3.28. The number of benzene rings is 4. The second kappa shape index (κ2) is 9.95. The van der Waals surface area contributed by atoms with Gasteiger partial charge >= 0.3 is 12.2 Å². The molecule has 1 N–H and O–H groups in total. The van der Waals surface area contributed by atoms with E-state index in [0.29, 0.717) is 39.1 Å². The first kappa shape index (κ1) is 25.5. The summed E-state index contributed by atoms with van der Waals surface area (Å²) in [5, 5.41) is 3.41. The van der Waals surface area contributed by atoms with Crippen LogP contribution in [0.4, 0.5) is 23.7 Å². The predicted octanol–water partition coefficient (Wildman–Crippen LogP) is 7.63. The van der Waals surface area contributed by atoms with Crippen LogP contribution in [0.25, 0.3) is 0 Å². The number of methoxy groups -OCH3 is 1. The van der Waals surface area contributed by atoms with E-state index in [9.17, 15) is 18.0 Å². The largest absolute Gasteiger partial charge is 0.497 e. The van der Waals surface area contributed by atoms with Crippen molar-refractivity contribution < 1.29 is 27.4 Å². The molecule has 1 aliphatic heterocycles.